The molecule has 0 saturated heterocycles. The zero-order valence-electron chi connectivity index (χ0n) is 19.7. The molecule has 2 aromatic rings. The lowest BCUT2D eigenvalue weighted by atomic mass is 9.71. The molecule has 0 radical (unpaired) electrons. The number of fused-ring (bicyclic) bond motifs is 3. The lowest BCUT2D eigenvalue weighted by Crippen LogP contribution is -2.53. The third-order valence-corrected chi connectivity index (χ3v) is 7.23. The number of rotatable bonds is 7. The molecule has 0 bridgehead atoms. The maximum atomic E-state index is 12.6. The van der Waals surface area contributed by atoms with Crippen LogP contribution in [0, 0.1) is 5.41 Å². The summed E-state index contributed by atoms with van der Waals surface area (Å²) < 4.78 is 5.55. The molecule has 0 spiro atoms. The van der Waals surface area contributed by atoms with Gasteiger partial charge in [0, 0.05) is 24.4 Å². The number of carbonyl (C=O) groups is 3. The van der Waals surface area contributed by atoms with E-state index in [1.54, 1.807) is 13.8 Å². The van der Waals surface area contributed by atoms with E-state index in [1.807, 2.05) is 24.3 Å². The molecule has 3 N–H and O–H groups in total. The number of hydrogen-bond donors (Lipinski definition) is 3. The van der Waals surface area contributed by atoms with Crippen LogP contribution in [0.15, 0.2) is 48.5 Å². The summed E-state index contributed by atoms with van der Waals surface area (Å²) in [5.74, 6) is -1.19. The molecule has 2 amide bonds. The van der Waals surface area contributed by atoms with Gasteiger partial charge < -0.3 is 20.5 Å². The minimum atomic E-state index is -0.961. The van der Waals surface area contributed by atoms with Gasteiger partial charge in [-0.25, -0.2) is 4.79 Å². The average Bonchev–Trinajstić information content (AvgIpc) is 3.13. The molecule has 180 valence electrons. The number of benzene rings is 2. The van der Waals surface area contributed by atoms with E-state index in [0.717, 1.165) is 35.1 Å². The van der Waals surface area contributed by atoms with Gasteiger partial charge in [0.1, 0.15) is 6.61 Å². The van der Waals surface area contributed by atoms with Crippen molar-refractivity contribution in [3.05, 3.63) is 59.7 Å². The molecule has 34 heavy (non-hydrogen) atoms. The normalized spacial score (nSPS) is 22.2. The summed E-state index contributed by atoms with van der Waals surface area (Å²) in [5.41, 5.74) is 3.63. The Bertz CT molecular complexity index is 1040. The zero-order valence-corrected chi connectivity index (χ0v) is 19.7. The fourth-order valence-corrected chi connectivity index (χ4v) is 5.24. The predicted octanol–water partition coefficient (Wildman–Crippen LogP) is 4.45. The highest BCUT2D eigenvalue weighted by molar-refractivity contribution is 5.81. The fraction of sp³-hybridized carbons (Fsp3) is 0.444. The maximum Gasteiger partial charge on any atom is 0.407 e. The second-order valence-electron chi connectivity index (χ2n) is 9.66. The van der Waals surface area contributed by atoms with Gasteiger partial charge in [0.2, 0.25) is 5.91 Å². The lowest BCUT2D eigenvalue weighted by molar-refractivity contribution is -0.152. The Morgan fingerprint density at radius 1 is 1.06 bits per heavy atom. The van der Waals surface area contributed by atoms with Crippen molar-refractivity contribution >= 4 is 18.0 Å². The van der Waals surface area contributed by atoms with Gasteiger partial charge in [-0.1, -0.05) is 61.4 Å². The Hall–Kier alpha value is -3.35. The van der Waals surface area contributed by atoms with Crippen molar-refractivity contribution in [1.29, 1.82) is 0 Å². The van der Waals surface area contributed by atoms with E-state index in [2.05, 4.69) is 34.9 Å². The first-order valence-corrected chi connectivity index (χ1v) is 11.9. The van der Waals surface area contributed by atoms with E-state index >= 15 is 0 Å². The Balaban J connectivity index is 1.29. The number of hydrogen-bond acceptors (Lipinski definition) is 4. The van der Waals surface area contributed by atoms with Gasteiger partial charge in [-0.2, -0.15) is 0 Å². The van der Waals surface area contributed by atoms with Crippen molar-refractivity contribution in [3.8, 4) is 11.1 Å². The first-order chi connectivity index (χ1) is 16.3. The molecule has 2 aliphatic rings. The first kappa shape index (κ1) is 23.8. The number of ether oxygens (including phenoxy) is 1. The number of nitrogens with one attached hydrogen (secondary N) is 2. The van der Waals surface area contributed by atoms with Gasteiger partial charge in [-0.3, -0.25) is 9.59 Å². The van der Waals surface area contributed by atoms with E-state index in [1.165, 1.54) is 0 Å². The van der Waals surface area contributed by atoms with Crippen LogP contribution < -0.4 is 10.6 Å². The van der Waals surface area contributed by atoms with Crippen molar-refractivity contribution in [2.24, 2.45) is 5.41 Å². The quantitative estimate of drug-likeness (QED) is 0.561. The van der Waals surface area contributed by atoms with E-state index in [4.69, 9.17) is 4.74 Å². The van der Waals surface area contributed by atoms with E-state index in [-0.39, 0.29) is 24.9 Å². The average molecular weight is 465 g/mol. The number of carboxylic acid groups (broad SMARTS) is 1. The summed E-state index contributed by atoms with van der Waals surface area (Å²) >= 11 is 0. The topological polar surface area (TPSA) is 105 Å². The predicted molar refractivity (Wildman–Crippen MR) is 128 cm³/mol. The van der Waals surface area contributed by atoms with Crippen molar-refractivity contribution in [2.45, 2.75) is 64.0 Å². The van der Waals surface area contributed by atoms with Crippen LogP contribution in [0.5, 0.6) is 0 Å². The lowest BCUT2D eigenvalue weighted by Gasteiger charge is -2.38. The number of amides is 2. The van der Waals surface area contributed by atoms with Crippen molar-refractivity contribution in [1.82, 2.24) is 10.6 Å². The van der Waals surface area contributed by atoms with Crippen LogP contribution in [0.2, 0.25) is 0 Å². The summed E-state index contributed by atoms with van der Waals surface area (Å²) in [6, 6.07) is 15.4. The summed E-state index contributed by atoms with van der Waals surface area (Å²) in [4.78, 5) is 36.8. The van der Waals surface area contributed by atoms with Crippen molar-refractivity contribution in [3.63, 3.8) is 0 Å². The Labute approximate surface area is 199 Å². The Morgan fingerprint density at radius 2 is 1.68 bits per heavy atom. The third kappa shape index (κ3) is 4.79. The molecule has 2 unspecified atom stereocenters. The molecule has 3 atom stereocenters. The molecule has 2 aliphatic carbocycles. The van der Waals surface area contributed by atoms with E-state index in [9.17, 15) is 19.5 Å². The molecule has 7 nitrogen and oxygen atoms in total. The fourth-order valence-electron chi connectivity index (χ4n) is 5.24. The molecule has 0 aliphatic heterocycles. The van der Waals surface area contributed by atoms with Gasteiger partial charge >= 0.3 is 12.1 Å². The summed E-state index contributed by atoms with van der Waals surface area (Å²) in [6.07, 6.45) is 2.39. The van der Waals surface area contributed by atoms with E-state index in [0.29, 0.717) is 12.8 Å². The number of carbonyl (C=O) groups excluding carboxylic acids is 2. The van der Waals surface area contributed by atoms with Crippen LogP contribution >= 0.6 is 0 Å². The summed E-state index contributed by atoms with van der Waals surface area (Å²) in [6.45, 7) is 3.63. The van der Waals surface area contributed by atoms with Gasteiger partial charge in [0.25, 0.3) is 0 Å². The SMILES string of the molecule is C[C@@H](CC(=O)NC1CCCCC1(C)C(=O)O)NC(=O)OCC1c2ccccc2-c2ccccc21. The molecule has 7 heteroatoms. The van der Waals surface area contributed by atoms with Gasteiger partial charge in [0.05, 0.1) is 5.41 Å². The Morgan fingerprint density at radius 3 is 2.29 bits per heavy atom. The molecule has 1 saturated carbocycles. The van der Waals surface area contributed by atoms with Crippen LogP contribution in [0.4, 0.5) is 4.79 Å². The van der Waals surface area contributed by atoms with Gasteiger partial charge in [0.15, 0.2) is 0 Å². The molecular weight excluding hydrogens is 432 g/mol. The smallest absolute Gasteiger partial charge is 0.407 e. The van der Waals surface area contributed by atoms with Gasteiger partial charge in [-0.15, -0.1) is 0 Å². The monoisotopic (exact) mass is 464 g/mol. The second-order valence-corrected chi connectivity index (χ2v) is 9.66. The molecule has 0 heterocycles. The van der Waals surface area contributed by atoms with Gasteiger partial charge in [-0.05, 0) is 48.9 Å². The first-order valence-electron chi connectivity index (χ1n) is 11.9. The van der Waals surface area contributed by atoms with Crippen LogP contribution in [0.1, 0.15) is 63.0 Å². The van der Waals surface area contributed by atoms with Crippen LogP contribution in [-0.4, -0.2) is 41.8 Å². The molecular formula is C27H32N2O5. The highest BCUT2D eigenvalue weighted by Crippen LogP contribution is 2.44. The van der Waals surface area contributed by atoms with Crippen molar-refractivity contribution in [2.75, 3.05) is 6.61 Å². The molecule has 2 aromatic carbocycles. The second kappa shape index (κ2) is 9.87. The number of carboxylic acids is 1. The zero-order chi connectivity index (χ0) is 24.3. The molecule has 4 rings (SSSR count). The highest BCUT2D eigenvalue weighted by atomic mass is 16.5. The van der Waals surface area contributed by atoms with E-state index < -0.39 is 29.6 Å². The Kier molecular flexibility index (Phi) is 6.91. The van der Waals surface area contributed by atoms with Crippen molar-refractivity contribution < 1.29 is 24.2 Å². The molecule has 1 fully saturated rings. The number of aliphatic carboxylic acids is 1. The van der Waals surface area contributed by atoms with Crippen LogP contribution in [0.25, 0.3) is 11.1 Å². The number of alkyl carbamates (subject to hydrolysis) is 1. The highest BCUT2D eigenvalue weighted by Gasteiger charge is 2.43. The largest absolute Gasteiger partial charge is 0.481 e. The standard InChI is InChI=1S/C27H32N2O5/c1-17(15-24(30)29-23-13-7-8-14-27(23,2)25(31)32)28-26(33)34-16-22-20-11-5-3-9-18(20)19-10-4-6-12-21(19)22/h3-6,9-12,17,22-23H,7-8,13-16H2,1-2H3,(H,28,33)(H,29,30)(H,31,32)/t17-,23?,27?/m0/s1. The summed E-state index contributed by atoms with van der Waals surface area (Å²) in [7, 11) is 0. The van der Waals surface area contributed by atoms with Crippen LogP contribution in [-0.2, 0) is 14.3 Å². The minimum Gasteiger partial charge on any atom is -0.481 e. The van der Waals surface area contributed by atoms with Crippen LogP contribution in [0.3, 0.4) is 0 Å². The minimum absolute atomic E-state index is 0.0308. The maximum absolute atomic E-state index is 12.6. The third-order valence-electron chi connectivity index (χ3n) is 7.23. The molecule has 0 aromatic heterocycles. The summed E-state index contributed by atoms with van der Waals surface area (Å²) in [5, 5.41) is 15.2.